The van der Waals surface area contributed by atoms with Crippen LogP contribution in [0, 0.1) is 11.3 Å². The molecule has 0 aromatic heterocycles. The Morgan fingerprint density at radius 1 is 1.19 bits per heavy atom. The predicted molar refractivity (Wildman–Crippen MR) is 69.4 cm³/mol. The second-order valence-corrected chi connectivity index (χ2v) is 6.69. The lowest BCUT2D eigenvalue weighted by Crippen LogP contribution is -2.51. The van der Waals surface area contributed by atoms with Crippen LogP contribution in [0.25, 0.3) is 0 Å². The Bertz CT molecular complexity index is 233. The van der Waals surface area contributed by atoms with E-state index >= 15 is 0 Å². The fourth-order valence-electron chi connectivity index (χ4n) is 3.36. The molecule has 2 heteroatoms. The topological polar surface area (TPSA) is 29.3 Å². The predicted octanol–water partition coefficient (Wildman–Crippen LogP) is 2.62. The molecule has 2 rings (SSSR count). The lowest BCUT2D eigenvalue weighted by molar-refractivity contribution is 0.0763. The molecule has 2 unspecified atom stereocenters. The third-order valence-corrected chi connectivity index (χ3v) is 5.03. The highest BCUT2D eigenvalue weighted by atomic mass is 15.1. The van der Waals surface area contributed by atoms with Gasteiger partial charge in [-0.15, -0.1) is 0 Å². The van der Waals surface area contributed by atoms with E-state index in [0.29, 0.717) is 17.4 Å². The van der Waals surface area contributed by atoms with Gasteiger partial charge in [-0.05, 0) is 44.1 Å². The Kier molecular flexibility index (Phi) is 3.60. The fourth-order valence-corrected chi connectivity index (χ4v) is 3.36. The van der Waals surface area contributed by atoms with Crippen molar-refractivity contribution in [2.45, 2.75) is 64.5 Å². The molecule has 94 valence electrons. The molecule has 0 aliphatic heterocycles. The summed E-state index contributed by atoms with van der Waals surface area (Å²) in [6.45, 7) is 5.90. The van der Waals surface area contributed by atoms with Crippen LogP contribution in [0.4, 0.5) is 0 Å². The summed E-state index contributed by atoms with van der Waals surface area (Å²) in [4.78, 5) is 2.56. The molecule has 0 heterocycles. The molecule has 0 aromatic rings. The van der Waals surface area contributed by atoms with Gasteiger partial charge in [0.25, 0.3) is 0 Å². The Hall–Kier alpha value is -0.0800. The highest BCUT2D eigenvalue weighted by Crippen LogP contribution is 2.38. The van der Waals surface area contributed by atoms with Gasteiger partial charge in [-0.3, -0.25) is 0 Å². The second-order valence-electron chi connectivity index (χ2n) is 6.69. The van der Waals surface area contributed by atoms with Crippen LogP contribution in [0.2, 0.25) is 0 Å². The van der Waals surface area contributed by atoms with E-state index in [1.807, 2.05) is 0 Å². The average Bonchev–Trinajstić information content (AvgIpc) is 2.10. The van der Waals surface area contributed by atoms with Gasteiger partial charge in [0.15, 0.2) is 0 Å². The van der Waals surface area contributed by atoms with E-state index in [-0.39, 0.29) is 0 Å². The van der Waals surface area contributed by atoms with Gasteiger partial charge < -0.3 is 10.6 Å². The summed E-state index contributed by atoms with van der Waals surface area (Å²) in [7, 11) is 2.29. The SMILES string of the molecule is CN(CC1CCCC(C)(C)C1N)C1CCC1. The van der Waals surface area contributed by atoms with E-state index in [4.69, 9.17) is 5.73 Å². The van der Waals surface area contributed by atoms with Gasteiger partial charge in [-0.2, -0.15) is 0 Å². The molecule has 0 saturated heterocycles. The van der Waals surface area contributed by atoms with Gasteiger partial charge >= 0.3 is 0 Å². The first-order chi connectivity index (χ1) is 7.50. The smallest absolute Gasteiger partial charge is 0.0131 e. The largest absolute Gasteiger partial charge is 0.327 e. The first-order valence-electron chi connectivity index (χ1n) is 6.96. The molecule has 0 amide bonds. The fraction of sp³-hybridized carbons (Fsp3) is 1.00. The van der Waals surface area contributed by atoms with Crippen molar-refractivity contribution in [1.82, 2.24) is 4.90 Å². The summed E-state index contributed by atoms with van der Waals surface area (Å²) < 4.78 is 0. The molecule has 2 atom stereocenters. The van der Waals surface area contributed by atoms with Crippen molar-refractivity contribution in [2.24, 2.45) is 17.1 Å². The molecule has 2 saturated carbocycles. The van der Waals surface area contributed by atoms with Crippen LogP contribution in [0.3, 0.4) is 0 Å². The Labute approximate surface area is 101 Å². The quantitative estimate of drug-likeness (QED) is 0.798. The van der Waals surface area contributed by atoms with Gasteiger partial charge in [0, 0.05) is 18.6 Å². The van der Waals surface area contributed by atoms with E-state index in [0.717, 1.165) is 6.04 Å². The molecule has 2 aliphatic rings. The third kappa shape index (κ3) is 2.43. The normalized spacial score (nSPS) is 35.1. The van der Waals surface area contributed by atoms with E-state index in [1.165, 1.54) is 45.1 Å². The van der Waals surface area contributed by atoms with Gasteiger partial charge in [0.2, 0.25) is 0 Å². The van der Waals surface area contributed by atoms with Crippen molar-refractivity contribution in [3.63, 3.8) is 0 Å². The summed E-state index contributed by atoms with van der Waals surface area (Å²) in [6, 6.07) is 1.25. The van der Waals surface area contributed by atoms with E-state index < -0.39 is 0 Å². The minimum absolute atomic E-state index is 0.351. The Morgan fingerprint density at radius 3 is 2.44 bits per heavy atom. The maximum atomic E-state index is 6.44. The molecule has 2 nitrogen and oxygen atoms in total. The molecule has 2 N–H and O–H groups in total. The van der Waals surface area contributed by atoms with Gasteiger partial charge in [-0.1, -0.05) is 26.7 Å². The number of nitrogens with two attached hydrogens (primary N) is 1. The molecule has 2 fully saturated rings. The van der Waals surface area contributed by atoms with Crippen molar-refractivity contribution in [3.8, 4) is 0 Å². The Morgan fingerprint density at radius 2 is 1.88 bits per heavy atom. The minimum Gasteiger partial charge on any atom is -0.327 e. The molecule has 0 spiro atoms. The molecular weight excluding hydrogens is 196 g/mol. The summed E-state index contributed by atoms with van der Waals surface area (Å²) in [5.74, 6) is 0.717. The Balaban J connectivity index is 1.88. The van der Waals surface area contributed by atoms with Gasteiger partial charge in [0.05, 0.1) is 0 Å². The van der Waals surface area contributed by atoms with Gasteiger partial charge in [0.1, 0.15) is 0 Å². The summed E-state index contributed by atoms with van der Waals surface area (Å²) in [5.41, 5.74) is 6.79. The first kappa shape index (κ1) is 12.4. The number of nitrogens with zero attached hydrogens (tertiary/aromatic N) is 1. The maximum absolute atomic E-state index is 6.44. The zero-order valence-corrected chi connectivity index (χ0v) is 11.2. The lowest BCUT2D eigenvalue weighted by atomic mass is 9.68. The molecule has 0 bridgehead atoms. The molecule has 0 radical (unpaired) electrons. The third-order valence-electron chi connectivity index (χ3n) is 5.03. The van der Waals surface area contributed by atoms with E-state index in [1.54, 1.807) is 0 Å². The van der Waals surface area contributed by atoms with Crippen molar-refractivity contribution >= 4 is 0 Å². The zero-order chi connectivity index (χ0) is 11.8. The van der Waals surface area contributed by atoms with Crippen LogP contribution >= 0.6 is 0 Å². The molecule has 16 heavy (non-hydrogen) atoms. The standard InChI is InChI=1S/C14H28N2/c1-14(2)9-5-6-11(13(14)15)10-16(3)12-7-4-8-12/h11-13H,4-10,15H2,1-3H3. The summed E-state index contributed by atoms with van der Waals surface area (Å²) in [6.07, 6.45) is 8.24. The lowest BCUT2D eigenvalue weighted by Gasteiger charge is -2.45. The maximum Gasteiger partial charge on any atom is 0.0131 e. The van der Waals surface area contributed by atoms with Crippen LogP contribution in [-0.2, 0) is 0 Å². The average molecular weight is 224 g/mol. The highest BCUT2D eigenvalue weighted by Gasteiger charge is 2.37. The number of hydrogen-bond acceptors (Lipinski definition) is 2. The molecule has 2 aliphatic carbocycles. The van der Waals surface area contributed by atoms with Crippen molar-refractivity contribution in [1.29, 1.82) is 0 Å². The van der Waals surface area contributed by atoms with Crippen molar-refractivity contribution in [3.05, 3.63) is 0 Å². The minimum atomic E-state index is 0.351. The molecular formula is C14H28N2. The highest BCUT2D eigenvalue weighted by molar-refractivity contribution is 4.93. The van der Waals surface area contributed by atoms with E-state index in [9.17, 15) is 0 Å². The van der Waals surface area contributed by atoms with Crippen molar-refractivity contribution < 1.29 is 0 Å². The van der Waals surface area contributed by atoms with Crippen LogP contribution in [0.5, 0.6) is 0 Å². The van der Waals surface area contributed by atoms with E-state index in [2.05, 4.69) is 25.8 Å². The van der Waals surface area contributed by atoms with Crippen LogP contribution in [0.15, 0.2) is 0 Å². The monoisotopic (exact) mass is 224 g/mol. The second kappa shape index (κ2) is 4.66. The van der Waals surface area contributed by atoms with Crippen LogP contribution in [-0.4, -0.2) is 30.6 Å². The first-order valence-corrected chi connectivity index (χ1v) is 6.96. The summed E-state index contributed by atoms with van der Waals surface area (Å²) >= 11 is 0. The molecule has 0 aromatic carbocycles. The van der Waals surface area contributed by atoms with Crippen LogP contribution in [0.1, 0.15) is 52.4 Å². The number of hydrogen-bond donors (Lipinski definition) is 1. The number of rotatable bonds is 3. The summed E-state index contributed by atoms with van der Waals surface area (Å²) in [5, 5.41) is 0. The van der Waals surface area contributed by atoms with Crippen LogP contribution < -0.4 is 5.73 Å². The van der Waals surface area contributed by atoms with Gasteiger partial charge in [-0.25, -0.2) is 0 Å². The van der Waals surface area contributed by atoms with Crippen molar-refractivity contribution in [2.75, 3.05) is 13.6 Å². The zero-order valence-electron chi connectivity index (χ0n) is 11.2.